The third-order valence-corrected chi connectivity index (χ3v) is 3.60. The van der Waals surface area contributed by atoms with Crippen LogP contribution in [0.15, 0.2) is 35.6 Å². The van der Waals surface area contributed by atoms with Crippen molar-refractivity contribution in [2.24, 2.45) is 5.14 Å². The second-order valence-corrected chi connectivity index (χ2v) is 5.93. The summed E-state index contributed by atoms with van der Waals surface area (Å²) < 4.78 is 50.7. The standard InChI is InChI=1S/C12H9F2N5O2S/c13-9-2-1-3-10(14)8(9)6-7-4-5-19-11(16-7)17-12(18-19)22(15,20)21/h1-5H,6H2,(H2,15,20,21). The highest BCUT2D eigenvalue weighted by atomic mass is 32.2. The van der Waals surface area contributed by atoms with Crippen LogP contribution in [-0.4, -0.2) is 28.0 Å². The van der Waals surface area contributed by atoms with Gasteiger partial charge in [-0.15, -0.1) is 5.10 Å². The summed E-state index contributed by atoms with van der Waals surface area (Å²) in [5.74, 6) is -1.40. The topological polar surface area (TPSA) is 103 Å². The molecular formula is C12H9F2N5O2S. The van der Waals surface area contributed by atoms with Gasteiger partial charge in [0.1, 0.15) is 11.6 Å². The molecule has 2 N–H and O–H groups in total. The normalized spacial score (nSPS) is 12.0. The van der Waals surface area contributed by atoms with E-state index in [2.05, 4.69) is 15.1 Å². The zero-order valence-electron chi connectivity index (χ0n) is 10.9. The van der Waals surface area contributed by atoms with Crippen LogP contribution in [0.25, 0.3) is 5.78 Å². The Labute approximate surface area is 123 Å². The van der Waals surface area contributed by atoms with Crippen LogP contribution in [0.4, 0.5) is 8.78 Å². The quantitative estimate of drug-likeness (QED) is 0.761. The zero-order chi connectivity index (χ0) is 15.9. The predicted molar refractivity (Wildman–Crippen MR) is 71.3 cm³/mol. The first-order chi connectivity index (χ1) is 10.3. The highest BCUT2D eigenvalue weighted by Crippen LogP contribution is 2.16. The first-order valence-corrected chi connectivity index (χ1v) is 7.57. The Morgan fingerprint density at radius 2 is 1.82 bits per heavy atom. The van der Waals surface area contributed by atoms with Gasteiger partial charge in [-0.1, -0.05) is 6.07 Å². The van der Waals surface area contributed by atoms with Crippen LogP contribution in [0.3, 0.4) is 0 Å². The summed E-state index contributed by atoms with van der Waals surface area (Å²) in [6.45, 7) is 0. The Hall–Kier alpha value is -2.46. The number of aromatic nitrogens is 4. The molecule has 10 heteroatoms. The van der Waals surface area contributed by atoms with E-state index in [0.717, 1.165) is 16.6 Å². The molecule has 0 saturated heterocycles. The van der Waals surface area contributed by atoms with E-state index in [4.69, 9.17) is 5.14 Å². The number of rotatable bonds is 3. The molecule has 0 unspecified atom stereocenters. The van der Waals surface area contributed by atoms with Crippen molar-refractivity contribution < 1.29 is 17.2 Å². The van der Waals surface area contributed by atoms with Gasteiger partial charge < -0.3 is 0 Å². The maximum atomic E-state index is 13.6. The lowest BCUT2D eigenvalue weighted by atomic mass is 10.1. The molecule has 3 rings (SSSR count). The summed E-state index contributed by atoms with van der Waals surface area (Å²) >= 11 is 0. The molecule has 0 bridgehead atoms. The summed E-state index contributed by atoms with van der Waals surface area (Å²) in [5, 5.41) is 8.00. The molecule has 0 radical (unpaired) electrons. The highest BCUT2D eigenvalue weighted by molar-refractivity contribution is 7.89. The molecule has 2 heterocycles. The molecule has 3 aromatic rings. The average Bonchev–Trinajstić information content (AvgIpc) is 2.86. The fourth-order valence-corrected chi connectivity index (χ4v) is 2.31. The van der Waals surface area contributed by atoms with Crippen molar-refractivity contribution >= 4 is 15.8 Å². The van der Waals surface area contributed by atoms with Gasteiger partial charge in [0.15, 0.2) is 0 Å². The van der Waals surface area contributed by atoms with Gasteiger partial charge in [-0.25, -0.2) is 31.8 Å². The third kappa shape index (κ3) is 2.65. The monoisotopic (exact) mass is 325 g/mol. The maximum Gasteiger partial charge on any atom is 0.284 e. The van der Waals surface area contributed by atoms with Gasteiger partial charge in [0, 0.05) is 18.2 Å². The second-order valence-electron chi connectivity index (χ2n) is 4.48. The SMILES string of the molecule is NS(=O)(=O)c1nc2nc(Cc3c(F)cccc3F)ccn2n1. The van der Waals surface area contributed by atoms with Crippen LogP contribution in [-0.2, 0) is 16.4 Å². The molecule has 114 valence electrons. The molecule has 0 saturated carbocycles. The smallest absolute Gasteiger partial charge is 0.222 e. The van der Waals surface area contributed by atoms with Gasteiger partial charge in [0.2, 0.25) is 0 Å². The lowest BCUT2D eigenvalue weighted by molar-refractivity contribution is 0.560. The largest absolute Gasteiger partial charge is 0.284 e. The van der Waals surface area contributed by atoms with E-state index in [1.165, 1.54) is 18.3 Å². The van der Waals surface area contributed by atoms with Crippen molar-refractivity contribution in [1.82, 2.24) is 19.6 Å². The minimum absolute atomic E-state index is 0.0294. The molecule has 0 aliphatic rings. The molecular weight excluding hydrogens is 316 g/mol. The van der Waals surface area contributed by atoms with Crippen LogP contribution in [0.5, 0.6) is 0 Å². The highest BCUT2D eigenvalue weighted by Gasteiger charge is 2.17. The number of primary sulfonamides is 1. The number of nitrogens with zero attached hydrogens (tertiary/aromatic N) is 4. The molecule has 0 spiro atoms. The van der Waals surface area contributed by atoms with Crippen molar-refractivity contribution in [3.63, 3.8) is 0 Å². The summed E-state index contributed by atoms with van der Waals surface area (Å²) in [4.78, 5) is 7.69. The summed E-state index contributed by atoms with van der Waals surface area (Å²) in [5.41, 5.74) is 0.176. The minimum atomic E-state index is -4.05. The van der Waals surface area contributed by atoms with Crippen molar-refractivity contribution in [2.45, 2.75) is 11.6 Å². The number of fused-ring (bicyclic) bond motifs is 1. The number of halogens is 2. The van der Waals surface area contributed by atoms with E-state index in [9.17, 15) is 17.2 Å². The molecule has 0 aliphatic carbocycles. The van der Waals surface area contributed by atoms with Crippen molar-refractivity contribution in [3.05, 3.63) is 53.4 Å². The van der Waals surface area contributed by atoms with Gasteiger partial charge in [-0.2, -0.15) is 4.98 Å². The van der Waals surface area contributed by atoms with Gasteiger partial charge in [0.25, 0.3) is 21.0 Å². The van der Waals surface area contributed by atoms with Gasteiger partial charge in [-0.05, 0) is 18.2 Å². The Morgan fingerprint density at radius 1 is 1.14 bits per heavy atom. The predicted octanol–water partition coefficient (Wildman–Crippen LogP) is 0.641. The van der Waals surface area contributed by atoms with Gasteiger partial charge >= 0.3 is 0 Å². The first kappa shape index (κ1) is 14.5. The summed E-state index contributed by atoms with van der Waals surface area (Å²) in [6.07, 6.45) is 1.28. The molecule has 0 fully saturated rings. The third-order valence-electron chi connectivity index (χ3n) is 2.92. The van der Waals surface area contributed by atoms with Crippen LogP contribution >= 0.6 is 0 Å². The Balaban J connectivity index is 2.02. The van der Waals surface area contributed by atoms with E-state index in [-0.39, 0.29) is 17.8 Å². The lowest BCUT2D eigenvalue weighted by Crippen LogP contribution is -2.14. The summed E-state index contributed by atoms with van der Waals surface area (Å²) in [6, 6.07) is 5.02. The number of benzene rings is 1. The van der Waals surface area contributed by atoms with Crippen LogP contribution in [0.2, 0.25) is 0 Å². The fourth-order valence-electron chi connectivity index (χ4n) is 1.90. The van der Waals surface area contributed by atoms with E-state index < -0.39 is 26.8 Å². The molecule has 2 aromatic heterocycles. The average molecular weight is 325 g/mol. The number of nitrogens with two attached hydrogens (primary N) is 1. The summed E-state index contributed by atoms with van der Waals surface area (Å²) in [7, 11) is -4.05. The minimum Gasteiger partial charge on any atom is -0.222 e. The maximum absolute atomic E-state index is 13.6. The fraction of sp³-hybridized carbons (Fsp3) is 0.0833. The molecule has 0 aliphatic heterocycles. The molecule has 0 atom stereocenters. The van der Waals surface area contributed by atoms with E-state index in [0.29, 0.717) is 5.69 Å². The number of sulfonamides is 1. The molecule has 7 nitrogen and oxygen atoms in total. The lowest BCUT2D eigenvalue weighted by Gasteiger charge is -2.04. The molecule has 1 aromatic carbocycles. The van der Waals surface area contributed by atoms with Gasteiger partial charge in [0.05, 0.1) is 5.69 Å². The van der Waals surface area contributed by atoms with Crippen LogP contribution in [0.1, 0.15) is 11.3 Å². The van der Waals surface area contributed by atoms with E-state index in [1.807, 2.05) is 0 Å². The number of hydrogen-bond acceptors (Lipinski definition) is 5. The zero-order valence-corrected chi connectivity index (χ0v) is 11.8. The Bertz CT molecular complexity index is 951. The van der Waals surface area contributed by atoms with Crippen LogP contribution in [0, 0.1) is 11.6 Å². The van der Waals surface area contributed by atoms with Crippen LogP contribution < -0.4 is 5.14 Å². The first-order valence-electron chi connectivity index (χ1n) is 6.02. The Morgan fingerprint density at radius 3 is 2.45 bits per heavy atom. The van der Waals surface area contributed by atoms with Crippen molar-refractivity contribution in [3.8, 4) is 0 Å². The van der Waals surface area contributed by atoms with Crippen molar-refractivity contribution in [2.75, 3.05) is 0 Å². The Kier molecular flexibility index (Phi) is 3.34. The van der Waals surface area contributed by atoms with Crippen molar-refractivity contribution in [1.29, 1.82) is 0 Å². The van der Waals surface area contributed by atoms with E-state index in [1.54, 1.807) is 0 Å². The molecule has 0 amide bonds. The van der Waals surface area contributed by atoms with Gasteiger partial charge in [-0.3, -0.25) is 0 Å². The number of hydrogen-bond donors (Lipinski definition) is 1. The van der Waals surface area contributed by atoms with E-state index >= 15 is 0 Å². The molecule has 22 heavy (non-hydrogen) atoms. The second kappa shape index (κ2) is 5.07.